The number of benzene rings is 2. The zero-order valence-corrected chi connectivity index (χ0v) is 13.5. The highest BCUT2D eigenvalue weighted by Crippen LogP contribution is 2.29. The molecule has 0 fully saturated rings. The van der Waals surface area contributed by atoms with Crippen molar-refractivity contribution in [3.8, 4) is 0 Å². The number of methoxy groups -OCH3 is 1. The van der Waals surface area contributed by atoms with Gasteiger partial charge in [-0.25, -0.2) is 4.79 Å². The number of ether oxygens (including phenoxy) is 1. The van der Waals surface area contributed by atoms with Crippen LogP contribution in [0.5, 0.6) is 0 Å². The molecular formula is C20H18O3. The van der Waals surface area contributed by atoms with E-state index >= 15 is 0 Å². The molecule has 0 amide bonds. The van der Waals surface area contributed by atoms with Crippen LogP contribution in [-0.4, -0.2) is 18.9 Å². The predicted molar refractivity (Wildman–Crippen MR) is 89.7 cm³/mol. The molecule has 3 nitrogen and oxygen atoms in total. The molecule has 2 aromatic rings. The Balaban J connectivity index is 2.05. The third-order valence-electron chi connectivity index (χ3n) is 4.12. The monoisotopic (exact) mass is 306 g/mol. The van der Waals surface area contributed by atoms with Crippen LogP contribution in [0.25, 0.3) is 6.08 Å². The van der Waals surface area contributed by atoms with Gasteiger partial charge in [-0.3, -0.25) is 4.79 Å². The molecule has 0 saturated carbocycles. The lowest BCUT2D eigenvalue weighted by atomic mass is 10.0. The van der Waals surface area contributed by atoms with Crippen LogP contribution in [-0.2, 0) is 11.2 Å². The maximum absolute atomic E-state index is 12.6. The molecule has 0 bridgehead atoms. The third-order valence-corrected chi connectivity index (χ3v) is 4.12. The van der Waals surface area contributed by atoms with Gasteiger partial charge in [-0.1, -0.05) is 35.4 Å². The lowest BCUT2D eigenvalue weighted by Crippen LogP contribution is -2.05. The second-order valence-corrected chi connectivity index (χ2v) is 5.92. The van der Waals surface area contributed by atoms with Gasteiger partial charge < -0.3 is 4.74 Å². The second-order valence-electron chi connectivity index (χ2n) is 5.92. The molecule has 0 N–H and O–H groups in total. The normalized spacial score (nSPS) is 14.9. The van der Waals surface area contributed by atoms with E-state index in [-0.39, 0.29) is 5.78 Å². The number of fused-ring (bicyclic) bond motifs is 1. The van der Waals surface area contributed by atoms with Gasteiger partial charge in [0, 0.05) is 17.6 Å². The van der Waals surface area contributed by atoms with Crippen molar-refractivity contribution >= 4 is 17.8 Å². The van der Waals surface area contributed by atoms with Crippen LogP contribution in [0.2, 0.25) is 0 Å². The summed E-state index contributed by atoms with van der Waals surface area (Å²) in [5.74, 6) is -0.350. The molecule has 2 aromatic carbocycles. The summed E-state index contributed by atoms with van der Waals surface area (Å²) in [6.07, 6.45) is 2.42. The van der Waals surface area contributed by atoms with Crippen molar-refractivity contribution in [3.63, 3.8) is 0 Å². The van der Waals surface area contributed by atoms with Gasteiger partial charge in [0.1, 0.15) is 0 Å². The van der Waals surface area contributed by atoms with Crippen LogP contribution in [0.1, 0.15) is 43.0 Å². The van der Waals surface area contributed by atoms with E-state index in [0.717, 1.165) is 27.8 Å². The zero-order chi connectivity index (χ0) is 16.6. The average Bonchev–Trinajstić information content (AvgIpc) is 2.83. The van der Waals surface area contributed by atoms with E-state index < -0.39 is 5.97 Å². The Kier molecular flexibility index (Phi) is 3.87. The summed E-state index contributed by atoms with van der Waals surface area (Å²) in [6, 6.07) is 11.5. The molecular weight excluding hydrogens is 288 g/mol. The van der Waals surface area contributed by atoms with E-state index in [4.69, 9.17) is 4.74 Å². The summed E-state index contributed by atoms with van der Waals surface area (Å²) in [7, 11) is 1.36. The minimum Gasteiger partial charge on any atom is -0.465 e. The summed E-state index contributed by atoms with van der Waals surface area (Å²) in [5.41, 5.74) is 5.83. The van der Waals surface area contributed by atoms with E-state index in [1.807, 2.05) is 50.3 Å². The fraction of sp³-hybridized carbons (Fsp3) is 0.200. The van der Waals surface area contributed by atoms with Crippen molar-refractivity contribution in [2.75, 3.05) is 7.11 Å². The molecule has 1 aliphatic carbocycles. The van der Waals surface area contributed by atoms with Crippen LogP contribution in [0.4, 0.5) is 0 Å². The van der Waals surface area contributed by atoms with Gasteiger partial charge in [0.25, 0.3) is 0 Å². The maximum Gasteiger partial charge on any atom is 0.338 e. The number of Topliss-reactive ketones (excluding diaryl/α,β-unsaturated/α-hetero) is 1. The number of hydrogen-bond donors (Lipinski definition) is 0. The van der Waals surface area contributed by atoms with Crippen LogP contribution in [0.3, 0.4) is 0 Å². The van der Waals surface area contributed by atoms with Gasteiger partial charge in [-0.15, -0.1) is 0 Å². The van der Waals surface area contributed by atoms with Gasteiger partial charge >= 0.3 is 5.97 Å². The van der Waals surface area contributed by atoms with Gasteiger partial charge in [-0.2, -0.15) is 0 Å². The number of rotatable bonds is 2. The molecule has 0 aromatic heterocycles. The first kappa shape index (κ1) is 15.2. The minimum absolute atomic E-state index is 0.0426. The summed E-state index contributed by atoms with van der Waals surface area (Å²) in [4.78, 5) is 24.5. The molecule has 0 aliphatic heterocycles. The van der Waals surface area contributed by atoms with Crippen LogP contribution in [0, 0.1) is 13.8 Å². The quantitative estimate of drug-likeness (QED) is 0.624. The summed E-state index contributed by atoms with van der Waals surface area (Å²) < 4.78 is 4.83. The van der Waals surface area contributed by atoms with E-state index in [1.165, 1.54) is 7.11 Å². The molecule has 0 saturated heterocycles. The lowest BCUT2D eigenvalue weighted by Gasteiger charge is -2.06. The Labute approximate surface area is 135 Å². The summed E-state index contributed by atoms with van der Waals surface area (Å²) >= 11 is 0. The number of ketones is 1. The van der Waals surface area contributed by atoms with E-state index in [0.29, 0.717) is 17.6 Å². The lowest BCUT2D eigenvalue weighted by molar-refractivity contribution is 0.0600. The fourth-order valence-electron chi connectivity index (χ4n) is 2.92. The molecule has 1 aliphatic rings. The Morgan fingerprint density at radius 2 is 1.78 bits per heavy atom. The summed E-state index contributed by atoms with van der Waals surface area (Å²) in [5, 5.41) is 0. The Hall–Kier alpha value is -2.68. The molecule has 0 radical (unpaired) electrons. The molecule has 3 rings (SSSR count). The van der Waals surface area contributed by atoms with Crippen molar-refractivity contribution in [2.45, 2.75) is 20.3 Å². The maximum atomic E-state index is 12.6. The number of carbonyl (C=O) groups is 2. The summed E-state index contributed by atoms with van der Waals surface area (Å²) in [6.45, 7) is 3.93. The number of aryl methyl sites for hydroxylation is 2. The largest absolute Gasteiger partial charge is 0.465 e. The number of carbonyl (C=O) groups excluding carboxylic acids is 2. The van der Waals surface area contributed by atoms with Crippen molar-refractivity contribution in [2.24, 2.45) is 0 Å². The third kappa shape index (κ3) is 2.82. The van der Waals surface area contributed by atoms with Crippen LogP contribution in [0.15, 0.2) is 42.0 Å². The molecule has 0 atom stereocenters. The highest BCUT2D eigenvalue weighted by atomic mass is 16.5. The number of esters is 1. The zero-order valence-electron chi connectivity index (χ0n) is 13.5. The van der Waals surface area contributed by atoms with Crippen molar-refractivity contribution in [3.05, 3.63) is 75.4 Å². The van der Waals surface area contributed by atoms with Crippen molar-refractivity contribution < 1.29 is 14.3 Å². The minimum atomic E-state index is -0.393. The van der Waals surface area contributed by atoms with Gasteiger partial charge in [0.15, 0.2) is 5.78 Å². The van der Waals surface area contributed by atoms with Gasteiger partial charge in [-0.05, 0) is 43.2 Å². The molecule has 0 heterocycles. The molecule has 0 spiro atoms. The SMILES string of the molecule is COC(=O)c1ccc(C)cc1/C=C1\Cc2ccc(C)cc2C1=O. The number of allylic oxidation sites excluding steroid dienone is 1. The Bertz CT molecular complexity index is 844. The first-order valence-corrected chi connectivity index (χ1v) is 7.53. The van der Waals surface area contributed by atoms with Crippen molar-refractivity contribution in [1.29, 1.82) is 0 Å². The van der Waals surface area contributed by atoms with E-state index in [9.17, 15) is 9.59 Å². The topological polar surface area (TPSA) is 43.4 Å². The molecule has 0 unspecified atom stereocenters. The Morgan fingerprint density at radius 3 is 2.52 bits per heavy atom. The van der Waals surface area contributed by atoms with Gasteiger partial charge in [0.05, 0.1) is 12.7 Å². The molecule has 3 heteroatoms. The van der Waals surface area contributed by atoms with Crippen LogP contribution >= 0.6 is 0 Å². The standard InChI is InChI=1S/C20H18O3/c1-12-5-7-17(20(22)23-3)15(8-12)11-16-10-14-6-4-13(2)9-18(14)19(16)21/h4-9,11H,10H2,1-3H3/b16-11+. The van der Waals surface area contributed by atoms with Gasteiger partial charge in [0.2, 0.25) is 0 Å². The van der Waals surface area contributed by atoms with E-state index in [2.05, 4.69) is 0 Å². The Morgan fingerprint density at radius 1 is 1.09 bits per heavy atom. The predicted octanol–water partition coefficient (Wildman–Crippen LogP) is 3.91. The van der Waals surface area contributed by atoms with Crippen LogP contribution < -0.4 is 0 Å². The smallest absolute Gasteiger partial charge is 0.338 e. The molecule has 116 valence electrons. The van der Waals surface area contributed by atoms with Crippen molar-refractivity contribution in [1.82, 2.24) is 0 Å². The first-order valence-electron chi connectivity index (χ1n) is 7.53. The first-order chi connectivity index (χ1) is 11.0. The fourth-order valence-corrected chi connectivity index (χ4v) is 2.92. The molecule has 23 heavy (non-hydrogen) atoms. The number of hydrogen-bond acceptors (Lipinski definition) is 3. The average molecular weight is 306 g/mol. The van der Waals surface area contributed by atoms with E-state index in [1.54, 1.807) is 6.07 Å². The second kappa shape index (κ2) is 5.84. The highest BCUT2D eigenvalue weighted by Gasteiger charge is 2.25. The highest BCUT2D eigenvalue weighted by molar-refractivity contribution is 6.16.